The van der Waals surface area contributed by atoms with Gasteiger partial charge >= 0.3 is 0 Å². The van der Waals surface area contributed by atoms with Crippen LogP contribution in [0.25, 0.3) is 0 Å². The molecule has 0 rings (SSSR count). The molecule has 0 aliphatic rings. The van der Waals surface area contributed by atoms with Gasteiger partial charge in [-0.25, -0.2) is 0 Å². The van der Waals surface area contributed by atoms with Crippen molar-refractivity contribution < 1.29 is 21.1 Å². The molecule has 0 aromatic rings. The van der Waals surface area contributed by atoms with Crippen LogP contribution in [-0.2, 0) is 21.1 Å². The Bertz CT molecular complexity index is 101. The minimum absolute atomic E-state index is 0. The van der Waals surface area contributed by atoms with Crippen LogP contribution in [0.15, 0.2) is 0 Å². The van der Waals surface area contributed by atoms with Crippen molar-refractivity contribution >= 4 is 45.2 Å². The maximum Gasteiger partial charge on any atom is 0.0797 e. The fourth-order valence-corrected chi connectivity index (χ4v) is 1.72. The zero-order valence-corrected chi connectivity index (χ0v) is 13.0. The Morgan fingerprint density at radius 3 is 2.27 bits per heavy atom. The molecule has 0 bridgehead atoms. The van der Waals surface area contributed by atoms with Gasteiger partial charge in [0.1, 0.15) is 0 Å². The summed E-state index contributed by atoms with van der Waals surface area (Å²) in [5.74, 6) is 0. The zero-order chi connectivity index (χ0) is 8.20. The molecule has 11 heavy (non-hydrogen) atoms. The van der Waals surface area contributed by atoms with E-state index in [0.29, 0.717) is 3.92 Å². The molecular weight excluding hydrogens is 549 g/mol. The van der Waals surface area contributed by atoms with Crippen LogP contribution in [0.2, 0.25) is 0 Å². The molecule has 0 spiro atoms. The van der Waals surface area contributed by atoms with Gasteiger partial charge in [0.2, 0.25) is 0 Å². The summed E-state index contributed by atoms with van der Waals surface area (Å²) in [5.41, 5.74) is 11.4. The summed E-state index contributed by atoms with van der Waals surface area (Å²) in [6.45, 7) is 2.84. The van der Waals surface area contributed by atoms with Crippen LogP contribution in [0.4, 0.5) is 0 Å². The minimum Gasteiger partial charge on any atom is -0.330 e. The van der Waals surface area contributed by atoms with E-state index in [4.69, 9.17) is 11.5 Å². The molecule has 0 aromatic carbocycles. The van der Waals surface area contributed by atoms with Crippen molar-refractivity contribution in [1.29, 1.82) is 0 Å². The molecule has 0 saturated heterocycles. The normalized spacial score (nSPS) is 18.3. The summed E-state index contributed by atoms with van der Waals surface area (Å²) < 4.78 is 0.415. The molecule has 0 fully saturated rings. The van der Waals surface area contributed by atoms with Gasteiger partial charge in [0.25, 0.3) is 0 Å². The van der Waals surface area contributed by atoms with E-state index >= 15 is 0 Å². The largest absolute Gasteiger partial charge is 0.330 e. The molecule has 0 aromatic heterocycles. The van der Waals surface area contributed by atoms with E-state index in [1.54, 1.807) is 0 Å². The first kappa shape index (κ1) is 15.5. The van der Waals surface area contributed by atoms with Crippen molar-refractivity contribution in [2.45, 2.75) is 27.2 Å². The first-order chi connectivity index (χ1) is 4.54. The van der Waals surface area contributed by atoms with Gasteiger partial charge in [0, 0.05) is 25.0 Å². The summed E-state index contributed by atoms with van der Waals surface area (Å²) in [6.07, 6.45) is 2.01. The van der Waals surface area contributed by atoms with Crippen LogP contribution in [0.5, 0.6) is 0 Å². The Labute approximate surface area is 110 Å². The van der Waals surface area contributed by atoms with E-state index in [9.17, 15) is 0 Å². The number of nitrogens with two attached hydrogens (primary N) is 2. The number of halogens is 2. The SMILES string of the molecule is CCC(N)(I)C(I)CCN.[Pt]. The van der Waals surface area contributed by atoms with Gasteiger partial charge in [-0.2, -0.15) is 0 Å². The fraction of sp³-hybridized carbons (Fsp3) is 1.00. The molecule has 2 nitrogen and oxygen atoms in total. The van der Waals surface area contributed by atoms with Crippen molar-refractivity contribution in [2.24, 2.45) is 11.5 Å². The van der Waals surface area contributed by atoms with Crippen LogP contribution >= 0.6 is 45.2 Å². The molecule has 2 atom stereocenters. The molecule has 5 heteroatoms. The van der Waals surface area contributed by atoms with Crippen LogP contribution in [0.1, 0.15) is 19.8 Å². The molecule has 0 radical (unpaired) electrons. The molecule has 0 aliphatic heterocycles. The fourth-order valence-electron chi connectivity index (χ4n) is 0.608. The third-order valence-corrected chi connectivity index (χ3v) is 5.92. The second-order valence-electron chi connectivity index (χ2n) is 2.33. The first-order valence-electron chi connectivity index (χ1n) is 3.36. The van der Waals surface area contributed by atoms with E-state index in [2.05, 4.69) is 52.1 Å². The number of rotatable bonds is 4. The van der Waals surface area contributed by atoms with Crippen LogP contribution in [-0.4, -0.2) is 14.0 Å². The predicted molar refractivity (Wildman–Crippen MR) is 62.7 cm³/mol. The Morgan fingerprint density at radius 2 is 2.00 bits per heavy atom. The number of hydrogen-bond acceptors (Lipinski definition) is 2. The number of alkyl halides is 2. The van der Waals surface area contributed by atoms with Gasteiger partial charge < -0.3 is 11.5 Å². The van der Waals surface area contributed by atoms with Gasteiger partial charge in [-0.3, -0.25) is 0 Å². The molecule has 0 aliphatic carbocycles. The van der Waals surface area contributed by atoms with Crippen molar-refractivity contribution in [3.8, 4) is 0 Å². The molecule has 0 heterocycles. The van der Waals surface area contributed by atoms with Gasteiger partial charge in [-0.05, 0) is 19.4 Å². The standard InChI is InChI=1S/C6H14I2N2.Pt/c1-2-6(8,10)5(7)3-4-9;/h5H,2-4,9-10H2,1H3;. The maximum atomic E-state index is 5.97. The molecular formula is C6H14I2N2Pt. The molecule has 72 valence electrons. The van der Waals surface area contributed by atoms with Crippen molar-refractivity contribution in [3.05, 3.63) is 0 Å². The van der Waals surface area contributed by atoms with E-state index < -0.39 is 0 Å². The summed E-state index contributed by atoms with van der Waals surface area (Å²) >= 11 is 4.68. The van der Waals surface area contributed by atoms with Crippen molar-refractivity contribution in [3.63, 3.8) is 0 Å². The van der Waals surface area contributed by atoms with Gasteiger partial charge in [0.05, 0.1) is 3.55 Å². The smallest absolute Gasteiger partial charge is 0.0797 e. The van der Waals surface area contributed by atoms with Gasteiger partial charge in [-0.15, -0.1) is 0 Å². The van der Waals surface area contributed by atoms with E-state index in [1.807, 2.05) is 0 Å². The monoisotopic (exact) mass is 563 g/mol. The average Bonchev–Trinajstić information content (AvgIpc) is 1.89. The Hall–Kier alpha value is 2.07. The summed E-state index contributed by atoms with van der Waals surface area (Å²) in [5, 5.41) is 0. The molecule has 2 unspecified atom stereocenters. The van der Waals surface area contributed by atoms with Gasteiger partial charge in [-0.1, -0.05) is 52.1 Å². The molecule has 4 N–H and O–H groups in total. The summed E-state index contributed by atoms with van der Waals surface area (Å²) in [4.78, 5) is 0. The Kier molecular flexibility index (Phi) is 10.6. The second-order valence-corrected chi connectivity index (χ2v) is 5.84. The zero-order valence-electron chi connectivity index (χ0n) is 6.43. The van der Waals surface area contributed by atoms with E-state index in [1.165, 1.54) is 0 Å². The Balaban J connectivity index is 0. The van der Waals surface area contributed by atoms with E-state index in [-0.39, 0.29) is 24.6 Å². The molecule has 0 saturated carbocycles. The third-order valence-electron chi connectivity index (χ3n) is 1.48. The summed E-state index contributed by atoms with van der Waals surface area (Å²) in [7, 11) is 0. The van der Waals surface area contributed by atoms with Crippen molar-refractivity contribution in [2.75, 3.05) is 6.54 Å². The van der Waals surface area contributed by atoms with Crippen LogP contribution in [0.3, 0.4) is 0 Å². The molecule has 0 amide bonds. The number of hydrogen-bond donors (Lipinski definition) is 2. The predicted octanol–water partition coefficient (Wildman–Crippen LogP) is 1.64. The van der Waals surface area contributed by atoms with E-state index in [0.717, 1.165) is 19.4 Å². The van der Waals surface area contributed by atoms with Crippen molar-refractivity contribution in [1.82, 2.24) is 0 Å². The third kappa shape index (κ3) is 6.18. The topological polar surface area (TPSA) is 52.0 Å². The van der Waals surface area contributed by atoms with Crippen LogP contribution < -0.4 is 11.5 Å². The minimum atomic E-state index is -0.0717. The quantitative estimate of drug-likeness (QED) is 0.311. The average molecular weight is 563 g/mol. The van der Waals surface area contributed by atoms with Gasteiger partial charge in [0.15, 0.2) is 0 Å². The Morgan fingerprint density at radius 1 is 1.55 bits per heavy atom. The first-order valence-corrected chi connectivity index (χ1v) is 5.69. The second kappa shape index (κ2) is 7.47. The summed E-state index contributed by atoms with van der Waals surface area (Å²) in [6, 6.07) is 0. The maximum absolute atomic E-state index is 5.97. The van der Waals surface area contributed by atoms with Crippen LogP contribution in [0, 0.1) is 0 Å².